The highest BCUT2D eigenvalue weighted by atomic mass is 32.1. The van der Waals surface area contributed by atoms with Gasteiger partial charge in [-0.2, -0.15) is 0 Å². The molecule has 5 nitrogen and oxygen atoms in total. The second-order valence-electron chi connectivity index (χ2n) is 5.21. The number of thiophene rings is 1. The van der Waals surface area contributed by atoms with Gasteiger partial charge in [0.25, 0.3) is 5.91 Å². The van der Waals surface area contributed by atoms with Crippen molar-refractivity contribution in [2.45, 2.75) is 26.4 Å². The minimum atomic E-state index is -0.899. The topological polar surface area (TPSA) is 72.5 Å². The van der Waals surface area contributed by atoms with E-state index in [1.807, 2.05) is 19.1 Å². The maximum Gasteiger partial charge on any atom is 0.326 e. The molecule has 0 aliphatic rings. The molecule has 2 rings (SSSR count). The number of hydrogen-bond donors (Lipinski definition) is 1. The quantitative estimate of drug-likeness (QED) is 0.619. The van der Waals surface area contributed by atoms with Gasteiger partial charge in [-0.25, -0.2) is 0 Å². The Kier molecular flexibility index (Phi) is 6.26. The molecule has 0 radical (unpaired) electrons. The molecule has 126 valence electrons. The molecule has 1 N–H and O–H groups in total. The summed E-state index contributed by atoms with van der Waals surface area (Å²) in [7, 11) is 0. The van der Waals surface area contributed by atoms with Crippen LogP contribution in [0.1, 0.15) is 39.4 Å². The maximum absolute atomic E-state index is 12.2. The van der Waals surface area contributed by atoms with E-state index in [1.165, 1.54) is 18.3 Å². The van der Waals surface area contributed by atoms with Crippen LogP contribution in [-0.2, 0) is 16.0 Å². The number of aryl methyl sites for hydroxylation is 1. The molecule has 0 unspecified atom stereocenters. The summed E-state index contributed by atoms with van der Waals surface area (Å²) in [6.45, 7) is 3.28. The monoisotopic (exact) mass is 345 g/mol. The molecule has 1 aromatic carbocycles. The number of nitrogens with one attached hydrogen (secondary N) is 1. The molecule has 0 saturated carbocycles. The van der Waals surface area contributed by atoms with E-state index in [-0.39, 0.29) is 18.2 Å². The zero-order valence-electron chi connectivity index (χ0n) is 13.6. The summed E-state index contributed by atoms with van der Waals surface area (Å²) in [5.41, 5.74) is 1.63. The zero-order chi connectivity index (χ0) is 17.5. The van der Waals surface area contributed by atoms with Crippen molar-refractivity contribution in [3.63, 3.8) is 0 Å². The molecule has 24 heavy (non-hydrogen) atoms. The summed E-state index contributed by atoms with van der Waals surface area (Å²) in [5, 5.41) is 4.25. The number of Topliss-reactive ketones (excluding diaryl/α,β-unsaturated/α-hetero) is 1. The smallest absolute Gasteiger partial charge is 0.326 e. The van der Waals surface area contributed by atoms with Gasteiger partial charge in [-0.3, -0.25) is 14.4 Å². The molecule has 1 atom stereocenters. The van der Waals surface area contributed by atoms with Crippen LogP contribution in [0, 0.1) is 0 Å². The highest BCUT2D eigenvalue weighted by Gasteiger charge is 2.20. The Morgan fingerprint density at radius 1 is 1.17 bits per heavy atom. The Morgan fingerprint density at radius 3 is 2.46 bits per heavy atom. The van der Waals surface area contributed by atoms with Gasteiger partial charge in [0.1, 0.15) is 6.54 Å². The van der Waals surface area contributed by atoms with E-state index in [0.29, 0.717) is 10.4 Å². The number of carbonyl (C=O) groups is 3. The third-order valence-electron chi connectivity index (χ3n) is 3.46. The van der Waals surface area contributed by atoms with Crippen LogP contribution in [0.2, 0.25) is 0 Å². The Balaban J connectivity index is 1.83. The van der Waals surface area contributed by atoms with E-state index in [1.54, 1.807) is 29.6 Å². The van der Waals surface area contributed by atoms with Crippen molar-refractivity contribution in [3.05, 3.63) is 57.8 Å². The Hall–Kier alpha value is -2.47. The summed E-state index contributed by atoms with van der Waals surface area (Å²) in [6.07, 6.45) is -0.00762. The van der Waals surface area contributed by atoms with Crippen molar-refractivity contribution >= 4 is 29.0 Å². The molecule has 0 spiro atoms. The molecule has 1 heterocycles. The second kappa shape index (κ2) is 8.40. The standard InChI is InChI=1S/C18H19NO4S/c1-3-13-6-8-14(9-7-13)17(21)12(2)23-16(20)11-19-18(22)15-5-4-10-24-15/h4-10,12H,3,11H2,1-2H3,(H,19,22)/t12-/m1/s1. The fraction of sp³-hybridized carbons (Fsp3) is 0.278. The maximum atomic E-state index is 12.2. The minimum absolute atomic E-state index is 0.268. The molecule has 0 bridgehead atoms. The van der Waals surface area contributed by atoms with E-state index >= 15 is 0 Å². The molecule has 0 aliphatic carbocycles. The summed E-state index contributed by atoms with van der Waals surface area (Å²) >= 11 is 1.28. The number of ether oxygens (including phenoxy) is 1. The fourth-order valence-corrected chi connectivity index (χ4v) is 2.72. The lowest BCUT2D eigenvalue weighted by molar-refractivity contribution is -0.145. The Bertz CT molecular complexity index is 707. The van der Waals surface area contributed by atoms with Gasteiger partial charge < -0.3 is 10.1 Å². The summed E-state index contributed by atoms with van der Waals surface area (Å²) in [6, 6.07) is 10.6. The molecular weight excluding hydrogens is 326 g/mol. The van der Waals surface area contributed by atoms with Crippen molar-refractivity contribution in [2.75, 3.05) is 6.54 Å². The van der Waals surface area contributed by atoms with Gasteiger partial charge >= 0.3 is 5.97 Å². The van der Waals surface area contributed by atoms with E-state index in [9.17, 15) is 14.4 Å². The lowest BCUT2D eigenvalue weighted by Crippen LogP contribution is -2.33. The number of ketones is 1. The van der Waals surface area contributed by atoms with E-state index < -0.39 is 12.1 Å². The van der Waals surface area contributed by atoms with Gasteiger partial charge in [-0.05, 0) is 30.4 Å². The van der Waals surface area contributed by atoms with E-state index in [0.717, 1.165) is 12.0 Å². The first-order chi connectivity index (χ1) is 11.5. The molecule has 0 fully saturated rings. The van der Waals surface area contributed by atoms with Crippen molar-refractivity contribution in [1.82, 2.24) is 5.32 Å². The lowest BCUT2D eigenvalue weighted by atomic mass is 10.0. The molecule has 1 amide bonds. The Morgan fingerprint density at radius 2 is 1.88 bits per heavy atom. The highest BCUT2D eigenvalue weighted by molar-refractivity contribution is 7.12. The normalized spacial score (nSPS) is 11.6. The summed E-state index contributed by atoms with van der Waals surface area (Å²) in [4.78, 5) is 36.3. The average molecular weight is 345 g/mol. The predicted molar refractivity (Wildman–Crippen MR) is 92.4 cm³/mol. The van der Waals surface area contributed by atoms with Crippen LogP contribution in [0.25, 0.3) is 0 Å². The van der Waals surface area contributed by atoms with Crippen LogP contribution < -0.4 is 5.32 Å². The fourth-order valence-electron chi connectivity index (χ4n) is 2.08. The van der Waals surface area contributed by atoms with Gasteiger partial charge in [0, 0.05) is 5.56 Å². The number of hydrogen-bond acceptors (Lipinski definition) is 5. The van der Waals surface area contributed by atoms with Crippen LogP contribution >= 0.6 is 11.3 Å². The second-order valence-corrected chi connectivity index (χ2v) is 6.15. The largest absolute Gasteiger partial charge is 0.453 e. The first kappa shape index (κ1) is 17.9. The lowest BCUT2D eigenvalue weighted by Gasteiger charge is -2.13. The van der Waals surface area contributed by atoms with Gasteiger partial charge in [0.15, 0.2) is 6.10 Å². The molecule has 2 aromatic rings. The van der Waals surface area contributed by atoms with Gasteiger partial charge in [0.05, 0.1) is 4.88 Å². The van der Waals surface area contributed by atoms with Crippen LogP contribution in [0.15, 0.2) is 41.8 Å². The van der Waals surface area contributed by atoms with Crippen LogP contribution in [0.5, 0.6) is 0 Å². The number of amides is 1. The number of carbonyl (C=O) groups excluding carboxylic acids is 3. The highest BCUT2D eigenvalue weighted by Crippen LogP contribution is 2.10. The van der Waals surface area contributed by atoms with Gasteiger partial charge in [-0.1, -0.05) is 37.3 Å². The van der Waals surface area contributed by atoms with E-state index in [2.05, 4.69) is 5.32 Å². The van der Waals surface area contributed by atoms with Crippen molar-refractivity contribution in [3.8, 4) is 0 Å². The minimum Gasteiger partial charge on any atom is -0.453 e. The molecule has 0 aliphatic heterocycles. The number of rotatable bonds is 7. The zero-order valence-corrected chi connectivity index (χ0v) is 14.4. The van der Waals surface area contributed by atoms with Crippen molar-refractivity contribution in [1.29, 1.82) is 0 Å². The number of benzene rings is 1. The summed E-state index contributed by atoms with van der Waals surface area (Å²) in [5.74, 6) is -1.25. The van der Waals surface area contributed by atoms with Crippen LogP contribution in [-0.4, -0.2) is 30.3 Å². The SMILES string of the molecule is CCc1ccc(C(=O)[C@@H](C)OC(=O)CNC(=O)c2cccs2)cc1. The van der Waals surface area contributed by atoms with E-state index in [4.69, 9.17) is 4.74 Å². The molecule has 6 heteroatoms. The van der Waals surface area contributed by atoms with Crippen LogP contribution in [0.3, 0.4) is 0 Å². The molecule has 1 aromatic heterocycles. The van der Waals surface area contributed by atoms with Crippen LogP contribution in [0.4, 0.5) is 0 Å². The first-order valence-corrected chi connectivity index (χ1v) is 8.53. The van der Waals surface area contributed by atoms with Gasteiger partial charge in [-0.15, -0.1) is 11.3 Å². The predicted octanol–water partition coefficient (Wildman–Crippen LogP) is 2.85. The molecule has 0 saturated heterocycles. The molecular formula is C18H19NO4S. The average Bonchev–Trinajstić information content (AvgIpc) is 3.13. The van der Waals surface area contributed by atoms with Crippen molar-refractivity contribution in [2.24, 2.45) is 0 Å². The first-order valence-electron chi connectivity index (χ1n) is 7.65. The third kappa shape index (κ3) is 4.76. The Labute approximate surface area is 144 Å². The van der Waals surface area contributed by atoms with Gasteiger partial charge in [0.2, 0.25) is 5.78 Å². The number of esters is 1. The van der Waals surface area contributed by atoms with Crippen molar-refractivity contribution < 1.29 is 19.1 Å². The summed E-state index contributed by atoms with van der Waals surface area (Å²) < 4.78 is 5.09. The third-order valence-corrected chi connectivity index (χ3v) is 4.33.